The second-order valence-electron chi connectivity index (χ2n) is 4.24. The minimum atomic E-state index is -0.872. The molecule has 3 nitrogen and oxygen atoms in total. The van der Waals surface area contributed by atoms with Crippen LogP contribution in [-0.4, -0.2) is 18.4 Å². The maximum atomic E-state index is 11.8. The van der Waals surface area contributed by atoms with Crippen LogP contribution < -0.4 is 0 Å². The summed E-state index contributed by atoms with van der Waals surface area (Å²) in [5.74, 6) is -0.423. The first kappa shape index (κ1) is 9.44. The van der Waals surface area contributed by atoms with Crippen molar-refractivity contribution in [1.29, 1.82) is 0 Å². The zero-order valence-corrected chi connectivity index (χ0v) is 8.50. The van der Waals surface area contributed by atoms with Crippen LogP contribution in [0.3, 0.4) is 0 Å². The predicted octanol–water partition coefficient (Wildman–Crippen LogP) is 1.47. The van der Waals surface area contributed by atoms with Gasteiger partial charge in [0.25, 0.3) is 0 Å². The van der Waals surface area contributed by atoms with E-state index >= 15 is 0 Å². The van der Waals surface area contributed by atoms with Gasteiger partial charge in [0, 0.05) is 5.41 Å². The van der Waals surface area contributed by atoms with Crippen molar-refractivity contribution in [1.82, 2.24) is 0 Å². The fourth-order valence-corrected chi connectivity index (χ4v) is 2.49. The SMILES string of the molecule is CCOC(=O)[C@]12CC[C@@]1(C)C=CC2=O. The maximum absolute atomic E-state index is 11.8. The largest absolute Gasteiger partial charge is 0.465 e. The van der Waals surface area contributed by atoms with Crippen LogP contribution in [0.5, 0.6) is 0 Å². The molecule has 0 spiro atoms. The van der Waals surface area contributed by atoms with Crippen LogP contribution in [0.2, 0.25) is 0 Å². The van der Waals surface area contributed by atoms with Gasteiger partial charge in [0.2, 0.25) is 0 Å². The number of carbonyl (C=O) groups is 2. The molecule has 2 aliphatic rings. The number of rotatable bonds is 2. The van der Waals surface area contributed by atoms with E-state index in [0.717, 1.165) is 6.42 Å². The van der Waals surface area contributed by atoms with E-state index in [9.17, 15) is 9.59 Å². The minimum Gasteiger partial charge on any atom is -0.465 e. The Bertz CT molecular complexity index is 331. The van der Waals surface area contributed by atoms with Gasteiger partial charge in [0.1, 0.15) is 5.41 Å². The molecular weight excluding hydrogens is 180 g/mol. The summed E-state index contributed by atoms with van der Waals surface area (Å²) in [6.07, 6.45) is 4.92. The van der Waals surface area contributed by atoms with Crippen LogP contribution >= 0.6 is 0 Å². The van der Waals surface area contributed by atoms with Crippen molar-refractivity contribution in [2.24, 2.45) is 10.8 Å². The van der Waals surface area contributed by atoms with E-state index in [-0.39, 0.29) is 17.2 Å². The molecule has 0 bridgehead atoms. The number of hydrogen-bond acceptors (Lipinski definition) is 3. The number of esters is 1. The highest BCUT2D eigenvalue weighted by molar-refractivity contribution is 6.13. The summed E-state index contributed by atoms with van der Waals surface area (Å²) in [4.78, 5) is 23.5. The van der Waals surface area contributed by atoms with Crippen LogP contribution in [0.25, 0.3) is 0 Å². The first-order valence-corrected chi connectivity index (χ1v) is 4.98. The molecule has 2 aliphatic carbocycles. The maximum Gasteiger partial charge on any atom is 0.320 e. The van der Waals surface area contributed by atoms with Gasteiger partial charge in [0.15, 0.2) is 5.78 Å². The lowest BCUT2D eigenvalue weighted by Crippen LogP contribution is -2.55. The number of ketones is 1. The molecular formula is C11H14O3. The molecule has 0 unspecified atom stereocenters. The summed E-state index contributed by atoms with van der Waals surface area (Å²) >= 11 is 0. The topological polar surface area (TPSA) is 43.4 Å². The van der Waals surface area contributed by atoms with Crippen molar-refractivity contribution in [3.8, 4) is 0 Å². The average molecular weight is 194 g/mol. The minimum absolute atomic E-state index is 0.0790. The Morgan fingerprint density at radius 3 is 2.71 bits per heavy atom. The van der Waals surface area contributed by atoms with Crippen molar-refractivity contribution >= 4 is 11.8 Å². The second kappa shape index (κ2) is 2.69. The molecule has 0 amide bonds. The second-order valence-corrected chi connectivity index (χ2v) is 4.24. The third kappa shape index (κ3) is 0.825. The Labute approximate surface area is 83.1 Å². The van der Waals surface area contributed by atoms with Crippen LogP contribution in [0.15, 0.2) is 12.2 Å². The number of carbonyl (C=O) groups excluding carboxylic acids is 2. The van der Waals surface area contributed by atoms with Gasteiger partial charge in [-0.1, -0.05) is 13.0 Å². The molecule has 0 aromatic rings. The number of ether oxygens (including phenoxy) is 1. The van der Waals surface area contributed by atoms with Crippen LogP contribution in [0.1, 0.15) is 26.7 Å². The van der Waals surface area contributed by atoms with Crippen LogP contribution in [-0.2, 0) is 14.3 Å². The molecule has 76 valence electrons. The monoisotopic (exact) mass is 194 g/mol. The quantitative estimate of drug-likeness (QED) is 0.494. The number of allylic oxidation sites excluding steroid dienone is 2. The predicted molar refractivity (Wildman–Crippen MR) is 50.6 cm³/mol. The number of fused-ring (bicyclic) bond motifs is 1. The van der Waals surface area contributed by atoms with Gasteiger partial charge in [0.05, 0.1) is 6.61 Å². The van der Waals surface area contributed by atoms with E-state index in [1.807, 2.05) is 13.0 Å². The first-order valence-electron chi connectivity index (χ1n) is 4.98. The normalized spacial score (nSPS) is 39.1. The average Bonchev–Trinajstić information content (AvgIpc) is 2.28. The lowest BCUT2D eigenvalue weighted by Gasteiger charge is -2.49. The summed E-state index contributed by atoms with van der Waals surface area (Å²) in [5.41, 5.74) is -1.15. The summed E-state index contributed by atoms with van der Waals surface area (Å²) in [7, 11) is 0. The van der Waals surface area contributed by atoms with Gasteiger partial charge >= 0.3 is 5.97 Å². The molecule has 3 heteroatoms. The van der Waals surface area contributed by atoms with Crippen molar-refractivity contribution in [3.05, 3.63) is 12.2 Å². The molecule has 0 aromatic carbocycles. The summed E-state index contributed by atoms with van der Waals surface area (Å²) in [6.45, 7) is 4.05. The van der Waals surface area contributed by atoms with Crippen molar-refractivity contribution < 1.29 is 14.3 Å². The summed E-state index contributed by atoms with van der Waals surface area (Å²) in [5, 5.41) is 0. The molecule has 0 saturated heterocycles. The molecule has 0 radical (unpaired) electrons. The van der Waals surface area contributed by atoms with Gasteiger partial charge in [-0.05, 0) is 25.8 Å². The molecule has 1 saturated carbocycles. The Kier molecular flexibility index (Phi) is 1.81. The lowest BCUT2D eigenvalue weighted by molar-refractivity contribution is -0.174. The molecule has 2 atom stereocenters. The van der Waals surface area contributed by atoms with Gasteiger partial charge in [-0.25, -0.2) is 0 Å². The zero-order valence-electron chi connectivity index (χ0n) is 8.50. The fourth-order valence-electron chi connectivity index (χ4n) is 2.49. The van der Waals surface area contributed by atoms with Gasteiger partial charge < -0.3 is 4.74 Å². The molecule has 2 rings (SSSR count). The highest BCUT2D eigenvalue weighted by Gasteiger charge is 2.67. The Hall–Kier alpha value is -1.12. The van der Waals surface area contributed by atoms with E-state index < -0.39 is 5.41 Å². The highest BCUT2D eigenvalue weighted by atomic mass is 16.5. The third-order valence-corrected chi connectivity index (χ3v) is 3.64. The van der Waals surface area contributed by atoms with Gasteiger partial charge in [-0.3, -0.25) is 9.59 Å². The standard InChI is InChI=1S/C11H14O3/c1-3-14-9(13)11-7-6-10(11,2)5-4-8(11)12/h4-5H,3,6-7H2,1-2H3/t10-,11-/m1/s1. The molecule has 0 N–H and O–H groups in total. The Morgan fingerprint density at radius 2 is 2.29 bits per heavy atom. The van der Waals surface area contributed by atoms with Crippen LogP contribution in [0, 0.1) is 10.8 Å². The first-order chi connectivity index (χ1) is 6.57. The Balaban J connectivity index is 2.32. The molecule has 1 fully saturated rings. The summed E-state index contributed by atoms with van der Waals surface area (Å²) in [6, 6.07) is 0. The van der Waals surface area contributed by atoms with E-state index in [0.29, 0.717) is 13.0 Å². The summed E-state index contributed by atoms with van der Waals surface area (Å²) < 4.78 is 4.99. The van der Waals surface area contributed by atoms with Gasteiger partial charge in [-0.2, -0.15) is 0 Å². The van der Waals surface area contributed by atoms with E-state index in [1.54, 1.807) is 6.92 Å². The van der Waals surface area contributed by atoms with E-state index in [2.05, 4.69) is 0 Å². The smallest absolute Gasteiger partial charge is 0.320 e. The third-order valence-electron chi connectivity index (χ3n) is 3.64. The van der Waals surface area contributed by atoms with Crippen LogP contribution in [0.4, 0.5) is 0 Å². The molecule has 0 heterocycles. The van der Waals surface area contributed by atoms with Crippen molar-refractivity contribution in [2.45, 2.75) is 26.7 Å². The molecule has 14 heavy (non-hydrogen) atoms. The lowest BCUT2D eigenvalue weighted by atomic mass is 9.51. The van der Waals surface area contributed by atoms with Crippen molar-refractivity contribution in [3.63, 3.8) is 0 Å². The van der Waals surface area contributed by atoms with E-state index in [4.69, 9.17) is 4.74 Å². The van der Waals surface area contributed by atoms with Crippen molar-refractivity contribution in [2.75, 3.05) is 6.61 Å². The fraction of sp³-hybridized carbons (Fsp3) is 0.636. The van der Waals surface area contributed by atoms with E-state index in [1.165, 1.54) is 6.08 Å². The zero-order chi connectivity index (χ0) is 10.4. The highest BCUT2D eigenvalue weighted by Crippen LogP contribution is 2.62. The molecule has 0 aromatic heterocycles. The molecule has 0 aliphatic heterocycles. The number of hydrogen-bond donors (Lipinski definition) is 0. The Morgan fingerprint density at radius 1 is 1.57 bits per heavy atom. The van der Waals surface area contributed by atoms with Gasteiger partial charge in [-0.15, -0.1) is 0 Å².